The first-order valence-electron chi connectivity index (χ1n) is 8.73. The fourth-order valence-electron chi connectivity index (χ4n) is 3.23. The van der Waals surface area contributed by atoms with Crippen molar-refractivity contribution in [3.05, 3.63) is 70.3 Å². The molecule has 4 rings (SSSR count). The lowest BCUT2D eigenvalue weighted by molar-refractivity contribution is -0.385. The minimum absolute atomic E-state index is 0.105. The standard InChI is InChI=1S/C21H17N3O5/c1-28-14-5-7-16-18(11-14)23-21(25)15-6-3-12(9-17(15)22-16)13-4-8-19(24(26)27)20(10-13)29-2/h3-11,22H,1-2H3,(H,23,25). The van der Waals surface area contributed by atoms with E-state index in [0.29, 0.717) is 22.7 Å². The van der Waals surface area contributed by atoms with E-state index >= 15 is 0 Å². The molecule has 8 heteroatoms. The number of carbonyl (C=O) groups is 1. The molecule has 2 N–H and O–H groups in total. The summed E-state index contributed by atoms with van der Waals surface area (Å²) in [5.74, 6) is 0.563. The molecule has 0 aromatic heterocycles. The number of fused-ring (bicyclic) bond motifs is 2. The molecule has 0 atom stereocenters. The Bertz CT molecular complexity index is 1140. The number of methoxy groups -OCH3 is 2. The number of anilines is 3. The Balaban J connectivity index is 1.77. The van der Waals surface area contributed by atoms with E-state index < -0.39 is 4.92 Å². The van der Waals surface area contributed by atoms with Crippen LogP contribution >= 0.6 is 0 Å². The molecule has 0 saturated heterocycles. The predicted octanol–water partition coefficient (Wildman–Crippen LogP) is 4.59. The number of carbonyl (C=O) groups excluding carboxylic acids is 1. The Kier molecular flexibility index (Phi) is 4.52. The topological polar surface area (TPSA) is 103 Å². The number of hydrogen-bond acceptors (Lipinski definition) is 6. The first kappa shape index (κ1) is 18.3. The summed E-state index contributed by atoms with van der Waals surface area (Å²) in [6.45, 7) is 0. The second-order valence-electron chi connectivity index (χ2n) is 6.39. The van der Waals surface area contributed by atoms with E-state index in [2.05, 4.69) is 10.6 Å². The van der Waals surface area contributed by atoms with Gasteiger partial charge in [0.05, 0.1) is 41.8 Å². The number of nitro benzene ring substituents is 1. The third-order valence-corrected chi connectivity index (χ3v) is 4.72. The average Bonchev–Trinajstić information content (AvgIpc) is 2.87. The van der Waals surface area contributed by atoms with Crippen molar-refractivity contribution in [1.29, 1.82) is 0 Å². The summed E-state index contributed by atoms with van der Waals surface area (Å²) in [4.78, 5) is 23.3. The largest absolute Gasteiger partial charge is 0.497 e. The van der Waals surface area contributed by atoms with Crippen LogP contribution in [0.15, 0.2) is 54.6 Å². The molecule has 0 aliphatic carbocycles. The maximum atomic E-state index is 12.6. The van der Waals surface area contributed by atoms with Gasteiger partial charge in [0, 0.05) is 12.1 Å². The maximum Gasteiger partial charge on any atom is 0.310 e. The van der Waals surface area contributed by atoms with Gasteiger partial charge in [-0.2, -0.15) is 0 Å². The molecule has 1 aliphatic rings. The highest BCUT2D eigenvalue weighted by Gasteiger charge is 2.21. The highest BCUT2D eigenvalue weighted by Crippen LogP contribution is 2.38. The number of nitrogens with one attached hydrogen (secondary N) is 2. The van der Waals surface area contributed by atoms with Gasteiger partial charge in [0.2, 0.25) is 0 Å². The van der Waals surface area contributed by atoms with Crippen LogP contribution in [0.25, 0.3) is 11.1 Å². The van der Waals surface area contributed by atoms with E-state index in [1.165, 1.54) is 13.2 Å². The van der Waals surface area contributed by atoms with Gasteiger partial charge < -0.3 is 20.1 Å². The molecule has 3 aromatic carbocycles. The Labute approximate surface area is 166 Å². The van der Waals surface area contributed by atoms with Crippen LogP contribution in [0.4, 0.5) is 22.7 Å². The van der Waals surface area contributed by atoms with Crippen molar-refractivity contribution in [1.82, 2.24) is 0 Å². The van der Waals surface area contributed by atoms with Gasteiger partial charge in [-0.05, 0) is 47.5 Å². The smallest absolute Gasteiger partial charge is 0.310 e. The Morgan fingerprint density at radius 1 is 0.828 bits per heavy atom. The van der Waals surface area contributed by atoms with E-state index in [1.54, 1.807) is 43.5 Å². The van der Waals surface area contributed by atoms with E-state index in [-0.39, 0.29) is 17.3 Å². The molecule has 0 radical (unpaired) electrons. The van der Waals surface area contributed by atoms with E-state index in [1.807, 2.05) is 12.1 Å². The van der Waals surface area contributed by atoms with Gasteiger partial charge in [-0.15, -0.1) is 0 Å². The van der Waals surface area contributed by atoms with Crippen molar-refractivity contribution in [3.8, 4) is 22.6 Å². The average molecular weight is 391 g/mol. The molecule has 0 unspecified atom stereocenters. The molecule has 1 amide bonds. The lowest BCUT2D eigenvalue weighted by Gasteiger charge is -2.12. The lowest BCUT2D eigenvalue weighted by Crippen LogP contribution is -2.10. The molecule has 3 aromatic rings. The van der Waals surface area contributed by atoms with Crippen LogP contribution in [-0.2, 0) is 0 Å². The fraction of sp³-hybridized carbons (Fsp3) is 0.0952. The normalized spacial score (nSPS) is 12.0. The number of nitrogens with zero attached hydrogens (tertiary/aromatic N) is 1. The lowest BCUT2D eigenvalue weighted by atomic mass is 10.0. The number of ether oxygens (including phenoxy) is 2. The van der Waals surface area contributed by atoms with Gasteiger partial charge in [-0.3, -0.25) is 14.9 Å². The quantitative estimate of drug-likeness (QED) is 0.498. The monoisotopic (exact) mass is 391 g/mol. The van der Waals surface area contributed by atoms with Gasteiger partial charge in [0.1, 0.15) is 5.75 Å². The summed E-state index contributed by atoms with van der Waals surface area (Å²) in [6.07, 6.45) is 0. The van der Waals surface area contributed by atoms with Crippen LogP contribution in [0.5, 0.6) is 11.5 Å². The Morgan fingerprint density at radius 2 is 1.59 bits per heavy atom. The SMILES string of the molecule is COc1ccc2c(c1)NC(=O)c1ccc(-c3ccc([N+](=O)[O-])c(OC)c3)cc1N2. The van der Waals surface area contributed by atoms with Crippen molar-refractivity contribution in [3.63, 3.8) is 0 Å². The third-order valence-electron chi connectivity index (χ3n) is 4.72. The molecule has 0 spiro atoms. The fourth-order valence-corrected chi connectivity index (χ4v) is 3.23. The van der Waals surface area contributed by atoms with E-state index in [0.717, 1.165) is 16.8 Å². The van der Waals surface area contributed by atoms with Crippen LogP contribution in [0.3, 0.4) is 0 Å². The summed E-state index contributed by atoms with van der Waals surface area (Å²) >= 11 is 0. The molecule has 0 bridgehead atoms. The summed E-state index contributed by atoms with van der Waals surface area (Å²) in [7, 11) is 2.95. The van der Waals surface area contributed by atoms with E-state index in [9.17, 15) is 14.9 Å². The second-order valence-corrected chi connectivity index (χ2v) is 6.39. The molecule has 0 fully saturated rings. The molecule has 29 heavy (non-hydrogen) atoms. The van der Waals surface area contributed by atoms with Gasteiger partial charge in [-0.1, -0.05) is 6.07 Å². The van der Waals surface area contributed by atoms with Gasteiger partial charge in [0.25, 0.3) is 5.91 Å². The third kappa shape index (κ3) is 3.31. The van der Waals surface area contributed by atoms with Crippen LogP contribution in [-0.4, -0.2) is 25.1 Å². The molecule has 8 nitrogen and oxygen atoms in total. The Morgan fingerprint density at radius 3 is 2.31 bits per heavy atom. The Hall–Kier alpha value is -4.07. The summed E-state index contributed by atoms with van der Waals surface area (Å²) < 4.78 is 10.4. The molecule has 1 aliphatic heterocycles. The summed E-state index contributed by atoms with van der Waals surface area (Å²) in [6, 6.07) is 15.4. The number of nitro groups is 1. The van der Waals surface area contributed by atoms with Crippen molar-refractivity contribution in [2.24, 2.45) is 0 Å². The van der Waals surface area contributed by atoms with Crippen molar-refractivity contribution >= 4 is 28.7 Å². The van der Waals surface area contributed by atoms with Gasteiger partial charge in [-0.25, -0.2) is 0 Å². The van der Waals surface area contributed by atoms with Crippen molar-refractivity contribution in [2.45, 2.75) is 0 Å². The van der Waals surface area contributed by atoms with Crippen molar-refractivity contribution in [2.75, 3.05) is 24.9 Å². The highest BCUT2D eigenvalue weighted by molar-refractivity contribution is 6.12. The molecular formula is C21H17N3O5. The maximum absolute atomic E-state index is 12.6. The molecule has 0 saturated carbocycles. The van der Waals surface area contributed by atoms with Gasteiger partial charge >= 0.3 is 5.69 Å². The highest BCUT2D eigenvalue weighted by atomic mass is 16.6. The van der Waals surface area contributed by atoms with Crippen LogP contribution in [0.1, 0.15) is 10.4 Å². The van der Waals surface area contributed by atoms with E-state index in [4.69, 9.17) is 9.47 Å². The zero-order valence-corrected chi connectivity index (χ0v) is 15.7. The minimum Gasteiger partial charge on any atom is -0.497 e. The summed E-state index contributed by atoms with van der Waals surface area (Å²) in [5.41, 5.74) is 3.87. The second kappa shape index (κ2) is 7.16. The first-order valence-corrected chi connectivity index (χ1v) is 8.73. The van der Waals surface area contributed by atoms with Gasteiger partial charge in [0.15, 0.2) is 5.75 Å². The number of amides is 1. The molecule has 146 valence electrons. The zero-order valence-electron chi connectivity index (χ0n) is 15.7. The number of hydrogen-bond donors (Lipinski definition) is 2. The first-order chi connectivity index (χ1) is 14.0. The summed E-state index contributed by atoms with van der Waals surface area (Å²) in [5, 5.41) is 17.3. The molecular weight excluding hydrogens is 374 g/mol. The zero-order chi connectivity index (χ0) is 20.5. The predicted molar refractivity (Wildman–Crippen MR) is 109 cm³/mol. The van der Waals surface area contributed by atoms with Crippen LogP contribution < -0.4 is 20.1 Å². The van der Waals surface area contributed by atoms with Crippen molar-refractivity contribution < 1.29 is 19.2 Å². The van der Waals surface area contributed by atoms with Crippen LogP contribution in [0, 0.1) is 10.1 Å². The number of rotatable bonds is 4. The minimum atomic E-state index is -0.489. The number of benzene rings is 3. The van der Waals surface area contributed by atoms with Crippen LogP contribution in [0.2, 0.25) is 0 Å². The molecule has 1 heterocycles.